The molecule has 0 saturated carbocycles. The summed E-state index contributed by atoms with van der Waals surface area (Å²) < 4.78 is 11.0. The second-order valence-corrected chi connectivity index (χ2v) is 5.29. The molecular formula is C15H20ClNO3. The van der Waals surface area contributed by atoms with Gasteiger partial charge < -0.3 is 14.8 Å². The highest BCUT2D eigenvalue weighted by molar-refractivity contribution is 6.17. The van der Waals surface area contributed by atoms with E-state index in [1.54, 1.807) is 0 Å². The van der Waals surface area contributed by atoms with Gasteiger partial charge in [0.15, 0.2) is 0 Å². The van der Waals surface area contributed by atoms with Gasteiger partial charge in [0.2, 0.25) is 0 Å². The highest BCUT2D eigenvalue weighted by atomic mass is 35.5. The quantitative estimate of drug-likeness (QED) is 0.848. The van der Waals surface area contributed by atoms with Crippen LogP contribution in [0.25, 0.3) is 0 Å². The molecule has 0 bridgehead atoms. The first-order chi connectivity index (χ1) is 9.59. The number of halogens is 1. The molecule has 4 nitrogen and oxygen atoms in total. The summed E-state index contributed by atoms with van der Waals surface area (Å²) in [5, 5.41) is 2.89. The van der Waals surface area contributed by atoms with Crippen LogP contribution >= 0.6 is 11.6 Å². The van der Waals surface area contributed by atoms with Crippen LogP contribution in [-0.2, 0) is 15.4 Å². The summed E-state index contributed by atoms with van der Waals surface area (Å²) in [5.74, 6) is 0.982. The largest absolute Gasteiger partial charge is 0.494 e. The van der Waals surface area contributed by atoms with Crippen molar-refractivity contribution in [1.82, 2.24) is 0 Å². The molecule has 1 aromatic rings. The number of nitrogens with one attached hydrogen (secondary N) is 1. The number of rotatable bonds is 5. The molecule has 1 fully saturated rings. The van der Waals surface area contributed by atoms with Crippen LogP contribution in [0.4, 0.5) is 5.69 Å². The number of hydrogen-bond acceptors (Lipinski definition) is 3. The molecule has 5 heteroatoms. The lowest BCUT2D eigenvalue weighted by molar-refractivity contribution is -0.133. The maximum Gasteiger partial charge on any atom is 0.256 e. The van der Waals surface area contributed by atoms with Crippen molar-refractivity contribution in [3.05, 3.63) is 23.8 Å². The molecule has 1 aliphatic heterocycles. The van der Waals surface area contributed by atoms with E-state index in [0.29, 0.717) is 24.8 Å². The van der Waals surface area contributed by atoms with Crippen LogP contribution in [0.5, 0.6) is 5.75 Å². The monoisotopic (exact) mass is 297 g/mol. The summed E-state index contributed by atoms with van der Waals surface area (Å²) >= 11 is 5.91. The fourth-order valence-electron chi connectivity index (χ4n) is 2.28. The van der Waals surface area contributed by atoms with Crippen LogP contribution < -0.4 is 10.1 Å². The Morgan fingerprint density at radius 1 is 1.55 bits per heavy atom. The third-order valence-electron chi connectivity index (χ3n) is 3.46. The minimum atomic E-state index is -0.723. The number of hydrogen-bond donors (Lipinski definition) is 1. The number of carbonyl (C=O) groups is 1. The molecule has 1 amide bonds. The first-order valence-corrected chi connectivity index (χ1v) is 7.39. The van der Waals surface area contributed by atoms with Gasteiger partial charge in [-0.25, -0.2) is 0 Å². The molecule has 1 aromatic carbocycles. The van der Waals surface area contributed by atoms with E-state index in [2.05, 4.69) is 5.32 Å². The van der Waals surface area contributed by atoms with Crippen molar-refractivity contribution in [1.29, 1.82) is 0 Å². The van der Waals surface area contributed by atoms with Gasteiger partial charge in [0.25, 0.3) is 5.91 Å². The summed E-state index contributed by atoms with van der Waals surface area (Å²) in [7, 11) is 0. The zero-order valence-corrected chi connectivity index (χ0v) is 12.6. The molecule has 1 atom stereocenters. The van der Waals surface area contributed by atoms with E-state index < -0.39 is 5.60 Å². The Morgan fingerprint density at radius 2 is 2.35 bits per heavy atom. The Kier molecular flexibility index (Phi) is 4.89. The molecule has 1 unspecified atom stereocenters. The molecule has 1 N–H and O–H groups in total. The summed E-state index contributed by atoms with van der Waals surface area (Å²) in [4.78, 5) is 12.2. The lowest BCUT2D eigenvalue weighted by Crippen LogP contribution is -2.39. The van der Waals surface area contributed by atoms with E-state index in [-0.39, 0.29) is 5.91 Å². The summed E-state index contributed by atoms with van der Waals surface area (Å²) in [6.45, 7) is 4.97. The normalized spacial score (nSPS) is 21.8. The number of benzene rings is 1. The molecule has 110 valence electrons. The Labute approximate surface area is 124 Å². The van der Waals surface area contributed by atoms with Crippen LogP contribution in [0, 0.1) is 0 Å². The van der Waals surface area contributed by atoms with Gasteiger partial charge in [-0.1, -0.05) is 0 Å². The third-order valence-corrected chi connectivity index (χ3v) is 3.75. The molecular weight excluding hydrogens is 278 g/mol. The Balaban J connectivity index is 2.11. The van der Waals surface area contributed by atoms with Crippen LogP contribution in [0.3, 0.4) is 0 Å². The van der Waals surface area contributed by atoms with E-state index in [1.165, 1.54) is 0 Å². The number of carbonyl (C=O) groups excluding carboxylic acids is 1. The number of anilines is 1. The molecule has 1 aliphatic rings. The average molecular weight is 298 g/mol. The SMILES string of the molecule is CCOc1ccc(NC(=O)C2(C)CCCO2)cc1CCl. The summed E-state index contributed by atoms with van der Waals surface area (Å²) in [5.41, 5.74) is 0.856. The van der Waals surface area contributed by atoms with Crippen molar-refractivity contribution in [3.63, 3.8) is 0 Å². The van der Waals surface area contributed by atoms with Gasteiger partial charge in [0.05, 0.1) is 12.5 Å². The number of amides is 1. The van der Waals surface area contributed by atoms with Gasteiger partial charge >= 0.3 is 0 Å². The molecule has 0 radical (unpaired) electrons. The molecule has 1 heterocycles. The van der Waals surface area contributed by atoms with E-state index in [9.17, 15) is 4.79 Å². The van der Waals surface area contributed by atoms with Crippen LogP contribution in [-0.4, -0.2) is 24.7 Å². The van der Waals surface area contributed by atoms with Crippen LogP contribution in [0.1, 0.15) is 32.3 Å². The predicted octanol–water partition coefficient (Wildman–Crippen LogP) is 3.33. The van der Waals surface area contributed by atoms with E-state index in [0.717, 1.165) is 24.2 Å². The van der Waals surface area contributed by atoms with Crippen LogP contribution in [0.2, 0.25) is 0 Å². The lowest BCUT2D eigenvalue weighted by Gasteiger charge is -2.22. The smallest absolute Gasteiger partial charge is 0.256 e. The van der Waals surface area contributed by atoms with Crippen molar-refractivity contribution in [3.8, 4) is 5.75 Å². The zero-order chi connectivity index (χ0) is 14.6. The highest BCUT2D eigenvalue weighted by Gasteiger charge is 2.37. The van der Waals surface area contributed by atoms with E-state index in [4.69, 9.17) is 21.1 Å². The standard InChI is InChI=1S/C15H20ClNO3/c1-3-19-13-6-5-12(9-11(13)10-16)17-14(18)15(2)7-4-8-20-15/h5-6,9H,3-4,7-8,10H2,1-2H3,(H,17,18). The van der Waals surface area contributed by atoms with E-state index in [1.807, 2.05) is 32.0 Å². The summed E-state index contributed by atoms with van der Waals surface area (Å²) in [6.07, 6.45) is 1.67. The molecule has 20 heavy (non-hydrogen) atoms. The lowest BCUT2D eigenvalue weighted by atomic mass is 10.0. The maximum absolute atomic E-state index is 12.2. The van der Waals surface area contributed by atoms with Gasteiger partial charge in [-0.15, -0.1) is 11.6 Å². The van der Waals surface area contributed by atoms with E-state index >= 15 is 0 Å². The number of ether oxygens (including phenoxy) is 2. The first kappa shape index (κ1) is 15.1. The second kappa shape index (κ2) is 6.46. The van der Waals surface area contributed by atoms with Gasteiger partial charge in [-0.3, -0.25) is 4.79 Å². The molecule has 1 saturated heterocycles. The summed E-state index contributed by atoms with van der Waals surface area (Å²) in [6, 6.07) is 5.49. The Bertz CT molecular complexity index is 484. The fourth-order valence-corrected chi connectivity index (χ4v) is 2.49. The van der Waals surface area contributed by atoms with Crippen molar-refractivity contribution in [2.45, 2.75) is 38.2 Å². The first-order valence-electron chi connectivity index (χ1n) is 6.86. The minimum absolute atomic E-state index is 0.111. The second-order valence-electron chi connectivity index (χ2n) is 5.03. The predicted molar refractivity (Wildman–Crippen MR) is 79.4 cm³/mol. The van der Waals surface area contributed by atoms with Crippen LogP contribution in [0.15, 0.2) is 18.2 Å². The molecule has 0 spiro atoms. The fraction of sp³-hybridized carbons (Fsp3) is 0.533. The van der Waals surface area contributed by atoms with Gasteiger partial charge in [-0.2, -0.15) is 0 Å². The highest BCUT2D eigenvalue weighted by Crippen LogP contribution is 2.28. The average Bonchev–Trinajstić information content (AvgIpc) is 2.89. The minimum Gasteiger partial charge on any atom is -0.494 e. The topological polar surface area (TPSA) is 47.6 Å². The van der Waals surface area contributed by atoms with Gasteiger partial charge in [0.1, 0.15) is 11.4 Å². The van der Waals surface area contributed by atoms with Crippen molar-refractivity contribution in [2.24, 2.45) is 0 Å². The maximum atomic E-state index is 12.2. The van der Waals surface area contributed by atoms with Gasteiger partial charge in [-0.05, 0) is 44.9 Å². The van der Waals surface area contributed by atoms with Crippen molar-refractivity contribution < 1.29 is 14.3 Å². The molecule has 0 aromatic heterocycles. The molecule has 2 rings (SSSR count). The van der Waals surface area contributed by atoms with Gasteiger partial charge in [0, 0.05) is 17.9 Å². The zero-order valence-electron chi connectivity index (χ0n) is 11.9. The van der Waals surface area contributed by atoms with Crippen molar-refractivity contribution in [2.75, 3.05) is 18.5 Å². The third kappa shape index (κ3) is 3.25. The Morgan fingerprint density at radius 3 is 2.95 bits per heavy atom. The molecule has 0 aliphatic carbocycles. The number of alkyl halides is 1. The van der Waals surface area contributed by atoms with Crippen molar-refractivity contribution >= 4 is 23.2 Å². The Hall–Kier alpha value is -1.26.